The van der Waals surface area contributed by atoms with E-state index >= 15 is 0 Å². The molecule has 4 nitrogen and oxygen atoms in total. The molecule has 3 aliphatic rings. The molecule has 2 atom stereocenters. The highest BCUT2D eigenvalue weighted by Gasteiger charge is 2.38. The summed E-state index contributed by atoms with van der Waals surface area (Å²) in [6.07, 6.45) is 9.24. The summed E-state index contributed by atoms with van der Waals surface area (Å²) in [5.74, 6) is 1.43. The van der Waals surface area contributed by atoms with E-state index in [4.69, 9.17) is 10.5 Å². The molecule has 1 saturated carbocycles. The van der Waals surface area contributed by atoms with Crippen LogP contribution in [0.5, 0.6) is 0 Å². The molecule has 1 saturated heterocycles. The molecule has 0 spiro atoms. The maximum Gasteiger partial charge on any atom is 0.191 e. The van der Waals surface area contributed by atoms with E-state index in [1.54, 1.807) is 0 Å². The van der Waals surface area contributed by atoms with Gasteiger partial charge in [-0.05, 0) is 19.3 Å². The molecule has 4 heteroatoms. The van der Waals surface area contributed by atoms with Gasteiger partial charge in [0.05, 0.1) is 19.2 Å². The van der Waals surface area contributed by atoms with Crippen LogP contribution >= 0.6 is 0 Å². The van der Waals surface area contributed by atoms with E-state index in [9.17, 15) is 0 Å². The van der Waals surface area contributed by atoms with Crippen molar-refractivity contribution in [3.8, 4) is 0 Å². The second-order valence-electron chi connectivity index (χ2n) is 5.94. The summed E-state index contributed by atoms with van der Waals surface area (Å²) in [6.45, 7) is 2.70. The van der Waals surface area contributed by atoms with Gasteiger partial charge in [0.2, 0.25) is 0 Å². The first-order valence-electron chi connectivity index (χ1n) is 7.52. The summed E-state index contributed by atoms with van der Waals surface area (Å²) in [6, 6.07) is 1.14. The van der Waals surface area contributed by atoms with Crippen LogP contribution in [0.4, 0.5) is 0 Å². The SMILES string of the molecule is NC1=NCC(C2CCOC2)N1C1CCCCCC1. The topological polar surface area (TPSA) is 50.9 Å². The van der Waals surface area contributed by atoms with E-state index in [0.29, 0.717) is 18.0 Å². The van der Waals surface area contributed by atoms with Gasteiger partial charge in [-0.15, -0.1) is 0 Å². The van der Waals surface area contributed by atoms with Crippen molar-refractivity contribution in [3.63, 3.8) is 0 Å². The second kappa shape index (κ2) is 5.47. The zero-order chi connectivity index (χ0) is 12.4. The fourth-order valence-electron chi connectivity index (χ4n) is 3.75. The van der Waals surface area contributed by atoms with Gasteiger partial charge >= 0.3 is 0 Å². The van der Waals surface area contributed by atoms with Crippen LogP contribution in [0.2, 0.25) is 0 Å². The normalized spacial score (nSPS) is 34.7. The van der Waals surface area contributed by atoms with E-state index in [0.717, 1.165) is 25.7 Å². The minimum Gasteiger partial charge on any atom is -0.381 e. The Morgan fingerprint density at radius 1 is 1.11 bits per heavy atom. The highest BCUT2D eigenvalue weighted by atomic mass is 16.5. The van der Waals surface area contributed by atoms with Gasteiger partial charge in [-0.2, -0.15) is 0 Å². The molecule has 2 unspecified atom stereocenters. The highest BCUT2D eigenvalue weighted by molar-refractivity contribution is 5.80. The molecule has 0 aromatic rings. The van der Waals surface area contributed by atoms with Gasteiger partial charge < -0.3 is 15.4 Å². The van der Waals surface area contributed by atoms with Crippen molar-refractivity contribution in [1.29, 1.82) is 0 Å². The fourth-order valence-corrected chi connectivity index (χ4v) is 3.75. The lowest BCUT2D eigenvalue weighted by Gasteiger charge is -2.36. The number of aliphatic imine (C=N–C) groups is 1. The summed E-state index contributed by atoms with van der Waals surface area (Å²) in [5.41, 5.74) is 6.15. The van der Waals surface area contributed by atoms with Crippen LogP contribution in [0.15, 0.2) is 4.99 Å². The minimum atomic E-state index is 0.510. The van der Waals surface area contributed by atoms with E-state index < -0.39 is 0 Å². The third-order valence-corrected chi connectivity index (χ3v) is 4.79. The number of ether oxygens (including phenoxy) is 1. The van der Waals surface area contributed by atoms with Crippen molar-refractivity contribution in [3.05, 3.63) is 0 Å². The zero-order valence-corrected chi connectivity index (χ0v) is 11.2. The van der Waals surface area contributed by atoms with Crippen molar-refractivity contribution in [1.82, 2.24) is 4.90 Å². The maximum absolute atomic E-state index is 6.15. The van der Waals surface area contributed by atoms with Gasteiger partial charge in [0.25, 0.3) is 0 Å². The fraction of sp³-hybridized carbons (Fsp3) is 0.929. The standard InChI is InChI=1S/C14H25N3O/c15-14-16-9-13(11-7-8-18-10-11)17(14)12-5-3-1-2-4-6-12/h11-13H,1-10H2,(H2,15,16). The molecule has 102 valence electrons. The van der Waals surface area contributed by atoms with Gasteiger partial charge in [0.15, 0.2) is 5.96 Å². The summed E-state index contributed by atoms with van der Waals surface area (Å²) in [5, 5.41) is 0. The van der Waals surface area contributed by atoms with Crippen LogP contribution in [0.3, 0.4) is 0 Å². The molecule has 2 N–H and O–H groups in total. The predicted octanol–water partition coefficient (Wildman–Crippen LogP) is 1.74. The van der Waals surface area contributed by atoms with Crippen molar-refractivity contribution in [2.75, 3.05) is 19.8 Å². The Morgan fingerprint density at radius 3 is 2.56 bits per heavy atom. The largest absolute Gasteiger partial charge is 0.381 e. The molecule has 1 aliphatic carbocycles. The average Bonchev–Trinajstić information content (AvgIpc) is 2.93. The van der Waals surface area contributed by atoms with Gasteiger partial charge in [0.1, 0.15) is 0 Å². The molecular weight excluding hydrogens is 226 g/mol. The molecule has 0 aromatic heterocycles. The van der Waals surface area contributed by atoms with Crippen LogP contribution in [-0.2, 0) is 4.74 Å². The predicted molar refractivity (Wildman–Crippen MR) is 72.5 cm³/mol. The zero-order valence-electron chi connectivity index (χ0n) is 11.2. The molecule has 0 amide bonds. The molecule has 2 fully saturated rings. The molecule has 2 aliphatic heterocycles. The number of nitrogens with zero attached hydrogens (tertiary/aromatic N) is 2. The number of rotatable bonds is 2. The average molecular weight is 251 g/mol. The Bertz CT molecular complexity index is 304. The summed E-state index contributed by atoms with van der Waals surface area (Å²) >= 11 is 0. The number of hydrogen-bond donors (Lipinski definition) is 1. The Labute approximate surface area is 110 Å². The van der Waals surface area contributed by atoms with Gasteiger partial charge in [-0.3, -0.25) is 4.99 Å². The minimum absolute atomic E-state index is 0.510. The van der Waals surface area contributed by atoms with Crippen molar-refractivity contribution < 1.29 is 4.74 Å². The van der Waals surface area contributed by atoms with Crippen molar-refractivity contribution in [2.45, 2.75) is 57.0 Å². The van der Waals surface area contributed by atoms with Gasteiger partial charge in [0, 0.05) is 18.6 Å². The lowest BCUT2D eigenvalue weighted by atomic mass is 9.95. The number of hydrogen-bond acceptors (Lipinski definition) is 4. The van der Waals surface area contributed by atoms with Crippen LogP contribution in [0, 0.1) is 5.92 Å². The smallest absolute Gasteiger partial charge is 0.191 e. The summed E-state index contributed by atoms with van der Waals surface area (Å²) in [7, 11) is 0. The Balaban J connectivity index is 1.71. The second-order valence-corrected chi connectivity index (χ2v) is 5.94. The van der Waals surface area contributed by atoms with E-state index in [2.05, 4.69) is 9.89 Å². The van der Waals surface area contributed by atoms with Gasteiger partial charge in [-0.25, -0.2) is 0 Å². The summed E-state index contributed by atoms with van der Waals surface area (Å²) < 4.78 is 5.55. The molecule has 0 radical (unpaired) electrons. The van der Waals surface area contributed by atoms with Crippen LogP contribution in [0.25, 0.3) is 0 Å². The summed E-state index contributed by atoms with van der Waals surface area (Å²) in [4.78, 5) is 6.96. The first-order valence-corrected chi connectivity index (χ1v) is 7.52. The Morgan fingerprint density at radius 2 is 1.89 bits per heavy atom. The van der Waals surface area contributed by atoms with E-state index in [-0.39, 0.29) is 0 Å². The van der Waals surface area contributed by atoms with Crippen molar-refractivity contribution >= 4 is 5.96 Å². The third-order valence-electron chi connectivity index (χ3n) is 4.79. The third kappa shape index (κ3) is 2.35. The number of nitrogens with two attached hydrogens (primary N) is 1. The van der Waals surface area contributed by atoms with Crippen LogP contribution in [0.1, 0.15) is 44.9 Å². The monoisotopic (exact) mass is 251 g/mol. The number of guanidine groups is 1. The lowest BCUT2D eigenvalue weighted by molar-refractivity contribution is 0.144. The van der Waals surface area contributed by atoms with E-state index in [1.807, 2.05) is 0 Å². The first kappa shape index (κ1) is 12.3. The molecule has 18 heavy (non-hydrogen) atoms. The van der Waals surface area contributed by atoms with Gasteiger partial charge in [-0.1, -0.05) is 25.7 Å². The van der Waals surface area contributed by atoms with Crippen LogP contribution < -0.4 is 5.73 Å². The molecule has 2 heterocycles. The molecule has 3 rings (SSSR count). The Kier molecular flexibility index (Phi) is 3.73. The molecular formula is C14H25N3O. The maximum atomic E-state index is 6.15. The highest BCUT2D eigenvalue weighted by Crippen LogP contribution is 2.30. The van der Waals surface area contributed by atoms with E-state index in [1.165, 1.54) is 44.9 Å². The van der Waals surface area contributed by atoms with Crippen molar-refractivity contribution in [2.24, 2.45) is 16.6 Å². The lowest BCUT2D eigenvalue weighted by Crippen LogP contribution is -2.50. The first-order chi connectivity index (χ1) is 8.86. The molecule has 0 aromatic carbocycles. The quantitative estimate of drug-likeness (QED) is 0.761. The Hall–Kier alpha value is -0.770. The van der Waals surface area contributed by atoms with Crippen LogP contribution in [-0.4, -0.2) is 42.7 Å². The molecule has 0 bridgehead atoms.